The second-order valence-electron chi connectivity index (χ2n) is 4.89. The molecule has 0 aromatic carbocycles. The highest BCUT2D eigenvalue weighted by Crippen LogP contribution is 2.19. The molecule has 19 heavy (non-hydrogen) atoms. The van der Waals surface area contributed by atoms with Gasteiger partial charge in [-0.25, -0.2) is 4.99 Å². The lowest BCUT2D eigenvalue weighted by Crippen LogP contribution is -2.44. The molecule has 1 atom stereocenters. The van der Waals surface area contributed by atoms with Gasteiger partial charge in [0, 0.05) is 6.54 Å². The molecule has 1 aliphatic rings. The average molecular weight is 301 g/mol. The number of rotatable bonds is 6. The van der Waals surface area contributed by atoms with Crippen LogP contribution in [0.25, 0.3) is 5.88 Å². The number of thiophene rings is 1. The molecule has 0 bridgehead atoms. The van der Waals surface area contributed by atoms with Gasteiger partial charge in [-0.1, -0.05) is 38.3 Å². The van der Waals surface area contributed by atoms with Crippen molar-refractivity contribution >= 4 is 28.8 Å². The number of halogens is 1. The SMILES string of the molecule is CCCCC1N=c2sc(Cl)cc2=C(O)N1CCCC. The van der Waals surface area contributed by atoms with E-state index in [-0.39, 0.29) is 6.17 Å². The van der Waals surface area contributed by atoms with Crippen molar-refractivity contribution in [1.82, 2.24) is 4.90 Å². The summed E-state index contributed by atoms with van der Waals surface area (Å²) in [6.45, 7) is 5.19. The number of nitrogens with zero attached hydrogens (tertiary/aromatic N) is 2. The van der Waals surface area contributed by atoms with Gasteiger partial charge in [-0.3, -0.25) is 0 Å². The van der Waals surface area contributed by atoms with Crippen LogP contribution in [-0.4, -0.2) is 22.7 Å². The summed E-state index contributed by atoms with van der Waals surface area (Å²) in [6, 6.07) is 1.81. The molecule has 0 fully saturated rings. The summed E-state index contributed by atoms with van der Waals surface area (Å²) in [5.41, 5.74) is 0. The Morgan fingerprint density at radius 2 is 2.11 bits per heavy atom. The molecule has 0 spiro atoms. The predicted molar refractivity (Wildman–Crippen MR) is 81.1 cm³/mol. The number of aliphatic hydroxyl groups is 1. The fourth-order valence-corrected chi connectivity index (χ4v) is 3.42. The van der Waals surface area contributed by atoms with Crippen LogP contribution in [0.3, 0.4) is 0 Å². The largest absolute Gasteiger partial charge is 0.494 e. The molecule has 1 unspecified atom stereocenters. The van der Waals surface area contributed by atoms with Gasteiger partial charge in [0.05, 0.1) is 9.55 Å². The molecular formula is C14H21ClN2OS. The molecule has 1 aromatic rings. The summed E-state index contributed by atoms with van der Waals surface area (Å²) in [7, 11) is 0. The minimum absolute atomic E-state index is 0.0636. The normalized spacial score (nSPS) is 18.4. The second kappa shape index (κ2) is 6.62. The summed E-state index contributed by atoms with van der Waals surface area (Å²) in [5.74, 6) is 0.350. The van der Waals surface area contributed by atoms with Crippen LogP contribution < -0.4 is 9.89 Å². The van der Waals surface area contributed by atoms with E-state index >= 15 is 0 Å². The Balaban J connectivity index is 2.34. The van der Waals surface area contributed by atoms with E-state index in [2.05, 4.69) is 13.8 Å². The van der Waals surface area contributed by atoms with Crippen LogP contribution in [0, 0.1) is 0 Å². The van der Waals surface area contributed by atoms with E-state index in [0.717, 1.165) is 48.5 Å². The van der Waals surface area contributed by atoms with Crippen LogP contribution >= 0.6 is 22.9 Å². The average Bonchev–Trinajstić information content (AvgIpc) is 2.76. The molecule has 0 amide bonds. The summed E-state index contributed by atoms with van der Waals surface area (Å²) in [5, 5.41) is 11.3. The van der Waals surface area contributed by atoms with Crippen molar-refractivity contribution in [3.63, 3.8) is 0 Å². The molecule has 5 heteroatoms. The molecule has 106 valence electrons. The first-order valence-corrected chi connectivity index (χ1v) is 8.19. The van der Waals surface area contributed by atoms with E-state index in [1.807, 2.05) is 11.0 Å². The number of hydrogen-bond donors (Lipinski definition) is 1. The van der Waals surface area contributed by atoms with Crippen molar-refractivity contribution in [2.75, 3.05) is 6.54 Å². The fourth-order valence-electron chi connectivity index (χ4n) is 2.30. The minimum Gasteiger partial charge on any atom is -0.494 e. The maximum atomic E-state index is 10.5. The number of hydrogen-bond acceptors (Lipinski definition) is 4. The molecule has 2 rings (SSSR count). The first-order chi connectivity index (χ1) is 9.17. The molecule has 1 N–H and O–H groups in total. The quantitative estimate of drug-likeness (QED) is 0.875. The van der Waals surface area contributed by atoms with Gasteiger partial charge >= 0.3 is 0 Å². The highest BCUT2D eigenvalue weighted by Gasteiger charge is 2.24. The Hall–Kier alpha value is -0.740. The first-order valence-electron chi connectivity index (χ1n) is 7.00. The van der Waals surface area contributed by atoms with Gasteiger partial charge in [-0.15, -0.1) is 11.3 Å². The second-order valence-corrected chi connectivity index (χ2v) is 6.55. The van der Waals surface area contributed by atoms with E-state index in [9.17, 15) is 5.11 Å². The zero-order valence-electron chi connectivity index (χ0n) is 11.5. The number of unbranched alkanes of at least 4 members (excludes halogenated alkanes) is 2. The highest BCUT2D eigenvalue weighted by atomic mass is 35.5. The first kappa shape index (κ1) is 14.7. The third kappa shape index (κ3) is 3.23. The predicted octanol–water partition coefficient (Wildman–Crippen LogP) is 3.28. The van der Waals surface area contributed by atoms with Gasteiger partial charge in [-0.05, 0) is 25.3 Å². The van der Waals surface area contributed by atoms with Crippen LogP contribution in [0.4, 0.5) is 0 Å². The Labute approximate surface area is 123 Å². The zero-order valence-corrected chi connectivity index (χ0v) is 13.1. The van der Waals surface area contributed by atoms with Crippen molar-refractivity contribution in [3.8, 4) is 0 Å². The molecule has 0 radical (unpaired) electrons. The topological polar surface area (TPSA) is 35.8 Å². The number of fused-ring (bicyclic) bond motifs is 1. The fraction of sp³-hybridized carbons (Fsp3) is 0.643. The van der Waals surface area contributed by atoms with Crippen LogP contribution in [0.5, 0.6) is 0 Å². The van der Waals surface area contributed by atoms with E-state index in [0.29, 0.717) is 10.2 Å². The molecule has 0 saturated heterocycles. The lowest BCUT2D eigenvalue weighted by atomic mass is 10.1. The van der Waals surface area contributed by atoms with Crippen molar-refractivity contribution in [3.05, 3.63) is 20.3 Å². The van der Waals surface area contributed by atoms with Crippen LogP contribution in [0.2, 0.25) is 4.34 Å². The van der Waals surface area contributed by atoms with Gasteiger partial charge < -0.3 is 10.0 Å². The molecule has 3 nitrogen and oxygen atoms in total. The van der Waals surface area contributed by atoms with Gasteiger partial charge in [0.25, 0.3) is 0 Å². The Morgan fingerprint density at radius 3 is 2.79 bits per heavy atom. The lowest BCUT2D eigenvalue weighted by molar-refractivity contribution is 0.201. The highest BCUT2D eigenvalue weighted by molar-refractivity contribution is 7.13. The number of aliphatic hydroxyl groups excluding tert-OH is 1. The van der Waals surface area contributed by atoms with Gasteiger partial charge in [-0.2, -0.15) is 0 Å². The molecule has 0 saturated carbocycles. The molecule has 1 aliphatic heterocycles. The van der Waals surface area contributed by atoms with Crippen molar-refractivity contribution in [2.45, 2.75) is 52.1 Å². The minimum atomic E-state index is 0.0636. The maximum Gasteiger partial charge on any atom is 0.199 e. The van der Waals surface area contributed by atoms with E-state index < -0.39 is 0 Å². The van der Waals surface area contributed by atoms with Gasteiger partial charge in [0.1, 0.15) is 10.8 Å². The zero-order chi connectivity index (χ0) is 13.8. The summed E-state index contributed by atoms with van der Waals surface area (Å²) in [6.07, 6.45) is 5.50. The smallest absolute Gasteiger partial charge is 0.199 e. The Bertz CT molecular complexity index is 540. The van der Waals surface area contributed by atoms with Crippen molar-refractivity contribution in [1.29, 1.82) is 0 Å². The summed E-state index contributed by atoms with van der Waals surface area (Å²) >= 11 is 7.48. The Kier molecular flexibility index (Phi) is 5.11. The van der Waals surface area contributed by atoms with Crippen LogP contribution in [-0.2, 0) is 0 Å². The summed E-state index contributed by atoms with van der Waals surface area (Å²) in [4.78, 5) is 6.80. The van der Waals surface area contributed by atoms with Crippen LogP contribution in [0.1, 0.15) is 46.0 Å². The van der Waals surface area contributed by atoms with E-state index in [1.54, 1.807) is 0 Å². The van der Waals surface area contributed by atoms with Crippen LogP contribution in [0.15, 0.2) is 11.1 Å². The van der Waals surface area contributed by atoms with E-state index in [1.165, 1.54) is 11.3 Å². The lowest BCUT2D eigenvalue weighted by Gasteiger charge is -2.31. The van der Waals surface area contributed by atoms with Gasteiger partial charge in [0.15, 0.2) is 5.88 Å². The third-order valence-corrected chi connectivity index (χ3v) is 4.56. The monoisotopic (exact) mass is 300 g/mol. The Morgan fingerprint density at radius 1 is 1.37 bits per heavy atom. The van der Waals surface area contributed by atoms with E-state index in [4.69, 9.17) is 16.6 Å². The molecular weight excluding hydrogens is 280 g/mol. The standard InChI is InChI=1S/C14H21ClN2OS/c1-3-5-7-12-16-13-10(9-11(15)19-13)14(18)17(12)8-6-4-2/h9,12,18H,3-8H2,1-2H3. The van der Waals surface area contributed by atoms with Crippen molar-refractivity contribution in [2.24, 2.45) is 4.99 Å². The maximum absolute atomic E-state index is 10.5. The van der Waals surface area contributed by atoms with Crippen molar-refractivity contribution < 1.29 is 5.11 Å². The van der Waals surface area contributed by atoms with Gasteiger partial charge in [0.2, 0.25) is 0 Å². The summed E-state index contributed by atoms with van der Waals surface area (Å²) < 4.78 is 1.56. The third-order valence-electron chi connectivity index (χ3n) is 3.39. The molecule has 0 aliphatic carbocycles. The molecule has 2 heterocycles. The molecule has 1 aromatic heterocycles.